The van der Waals surface area contributed by atoms with Crippen LogP contribution in [0.5, 0.6) is 0 Å². The van der Waals surface area contributed by atoms with Crippen molar-refractivity contribution in [3.63, 3.8) is 0 Å². The molecule has 5 aliphatic rings. The molecule has 1 saturated heterocycles. The summed E-state index contributed by atoms with van der Waals surface area (Å²) >= 11 is 0. The van der Waals surface area contributed by atoms with Crippen LogP contribution in [-0.4, -0.2) is 50.2 Å². The summed E-state index contributed by atoms with van der Waals surface area (Å²) in [6, 6.07) is 5.38. The van der Waals surface area contributed by atoms with Crippen LogP contribution >= 0.6 is 0 Å². The van der Waals surface area contributed by atoms with Crippen molar-refractivity contribution in [1.29, 1.82) is 0 Å². The van der Waals surface area contributed by atoms with E-state index in [2.05, 4.69) is 5.32 Å². The lowest BCUT2D eigenvalue weighted by Gasteiger charge is -2.58. The maximum Gasteiger partial charge on any atom is 0.304 e. The van der Waals surface area contributed by atoms with Gasteiger partial charge in [-0.2, -0.15) is 12.7 Å². The van der Waals surface area contributed by atoms with Crippen molar-refractivity contribution < 1.29 is 22.4 Å². The normalized spacial score (nSPS) is 36.0. The number of nitrogens with zero attached hydrogens (tertiary/aromatic N) is 2. The number of hydrogen-bond donors (Lipinski definition) is 2. The van der Waals surface area contributed by atoms with Gasteiger partial charge in [-0.1, -0.05) is 6.07 Å². The van der Waals surface area contributed by atoms with Gasteiger partial charge in [0.15, 0.2) is 0 Å². The Kier molecular flexibility index (Phi) is 4.78. The molecule has 5 fully saturated rings. The smallest absolute Gasteiger partial charge is 0.304 e. The maximum absolute atomic E-state index is 13.5. The average Bonchev–Trinajstić information content (AvgIpc) is 2.98. The number of nitrogens with one attached hydrogen (secondary N) is 1. The number of halogens is 1. The minimum atomic E-state index is -3.90. The van der Waals surface area contributed by atoms with Crippen molar-refractivity contribution in [2.24, 2.45) is 28.9 Å². The van der Waals surface area contributed by atoms with Crippen LogP contribution < -0.4 is 15.4 Å². The molecule has 1 heterocycles. The molecule has 4 bridgehead atoms. The minimum Gasteiger partial charge on any atom is -0.369 e. The van der Waals surface area contributed by atoms with E-state index in [-0.39, 0.29) is 55.0 Å². The summed E-state index contributed by atoms with van der Waals surface area (Å²) in [6.45, 7) is 0.0572. The Morgan fingerprint density at radius 3 is 2.52 bits per heavy atom. The van der Waals surface area contributed by atoms with E-state index in [1.54, 1.807) is 0 Å². The highest BCUT2D eigenvalue weighted by molar-refractivity contribution is 7.90. The van der Waals surface area contributed by atoms with Crippen LogP contribution in [0.1, 0.15) is 32.1 Å². The molecule has 0 radical (unpaired) electrons. The van der Waals surface area contributed by atoms with Gasteiger partial charge >= 0.3 is 10.2 Å². The largest absolute Gasteiger partial charge is 0.369 e. The molecule has 4 aliphatic carbocycles. The lowest BCUT2D eigenvalue weighted by molar-refractivity contribution is -0.147. The highest BCUT2D eigenvalue weighted by Gasteiger charge is 2.58. The molecule has 8 nitrogen and oxygen atoms in total. The summed E-state index contributed by atoms with van der Waals surface area (Å²) < 4.78 is 41.6. The molecule has 10 heteroatoms. The number of amides is 2. The molecular weight excluding hydrogens is 423 g/mol. The number of hydrogen-bond acceptors (Lipinski definition) is 4. The van der Waals surface area contributed by atoms with Gasteiger partial charge in [0.2, 0.25) is 11.8 Å². The first-order chi connectivity index (χ1) is 14.7. The molecule has 6 rings (SSSR count). The molecule has 1 aromatic carbocycles. The third-order valence-electron chi connectivity index (χ3n) is 7.70. The van der Waals surface area contributed by atoms with E-state index < -0.39 is 21.4 Å². The van der Waals surface area contributed by atoms with E-state index in [0.717, 1.165) is 27.9 Å². The Morgan fingerprint density at radius 2 is 1.87 bits per heavy atom. The second-order valence-electron chi connectivity index (χ2n) is 9.60. The Labute approximate surface area is 181 Å². The zero-order chi connectivity index (χ0) is 22.0. The van der Waals surface area contributed by atoms with Gasteiger partial charge in [-0.25, -0.2) is 4.39 Å². The topological polar surface area (TPSA) is 113 Å². The van der Waals surface area contributed by atoms with Gasteiger partial charge in [0, 0.05) is 24.5 Å². The maximum atomic E-state index is 13.5. The fourth-order valence-electron chi connectivity index (χ4n) is 6.58. The minimum absolute atomic E-state index is 0.0406. The number of anilines is 1. The number of carbonyl (C=O) groups is 2. The molecular formula is C21H27FN4O4S. The lowest BCUT2D eigenvalue weighted by Crippen LogP contribution is -2.62. The summed E-state index contributed by atoms with van der Waals surface area (Å²) in [7, 11) is -3.90. The van der Waals surface area contributed by atoms with E-state index in [4.69, 9.17) is 5.73 Å². The highest BCUT2D eigenvalue weighted by Crippen LogP contribution is 2.59. The Hall–Kier alpha value is -2.20. The van der Waals surface area contributed by atoms with Gasteiger partial charge in [-0.3, -0.25) is 13.9 Å². The molecule has 1 aliphatic heterocycles. The number of benzene rings is 1. The van der Waals surface area contributed by atoms with Crippen molar-refractivity contribution in [2.75, 3.05) is 23.9 Å². The number of nitrogens with two attached hydrogens (primary N) is 1. The van der Waals surface area contributed by atoms with Crippen LogP contribution in [0.2, 0.25) is 0 Å². The predicted octanol–water partition coefficient (Wildman–Crippen LogP) is 0.989. The standard InChI is InChI=1S/C21H27FN4O4S/c22-16-2-1-3-17(8-16)26-5-4-25(31(26,29)30)12-18(27)24-19-14-6-13-7-15(19)11-21(9-13,10-14)20(23)28/h1-3,8,13-15,19H,4-7,9-12H2,(H2,23,28)(H,24,27). The molecule has 4 saturated carbocycles. The first-order valence-electron chi connectivity index (χ1n) is 10.8. The third-order valence-corrected chi connectivity index (χ3v) is 9.61. The van der Waals surface area contributed by atoms with Crippen molar-refractivity contribution in [3.05, 3.63) is 30.1 Å². The molecule has 168 valence electrons. The van der Waals surface area contributed by atoms with E-state index in [1.165, 1.54) is 24.3 Å². The SMILES string of the molecule is NC(=O)C12CC3CC(C1)C(NC(=O)CN1CCN(c4cccc(F)c4)S1(=O)=O)C(C3)C2. The molecule has 31 heavy (non-hydrogen) atoms. The van der Waals surface area contributed by atoms with Crippen molar-refractivity contribution >= 4 is 27.7 Å². The van der Waals surface area contributed by atoms with Gasteiger partial charge in [-0.05, 0) is 68.1 Å². The summed E-state index contributed by atoms with van der Waals surface area (Å²) in [6.07, 6.45) is 4.22. The quantitative estimate of drug-likeness (QED) is 0.696. The van der Waals surface area contributed by atoms with Gasteiger partial charge in [0.25, 0.3) is 0 Å². The fraction of sp³-hybridized carbons (Fsp3) is 0.619. The average molecular weight is 451 g/mol. The van der Waals surface area contributed by atoms with Crippen molar-refractivity contribution in [1.82, 2.24) is 9.62 Å². The van der Waals surface area contributed by atoms with Crippen LogP contribution in [0, 0.1) is 29.0 Å². The fourth-order valence-corrected chi connectivity index (χ4v) is 8.14. The number of primary amides is 1. The van der Waals surface area contributed by atoms with Crippen LogP contribution in [0.25, 0.3) is 0 Å². The summed E-state index contributed by atoms with van der Waals surface area (Å²) in [4.78, 5) is 24.9. The van der Waals surface area contributed by atoms with E-state index >= 15 is 0 Å². The monoisotopic (exact) mass is 450 g/mol. The van der Waals surface area contributed by atoms with Crippen molar-refractivity contribution in [3.8, 4) is 0 Å². The second kappa shape index (κ2) is 7.16. The van der Waals surface area contributed by atoms with E-state index in [1.807, 2.05) is 0 Å². The zero-order valence-corrected chi connectivity index (χ0v) is 18.0. The Morgan fingerprint density at radius 1 is 1.16 bits per heavy atom. The molecule has 3 N–H and O–H groups in total. The summed E-state index contributed by atoms with van der Waals surface area (Å²) in [5, 5.41) is 3.07. The highest BCUT2D eigenvalue weighted by atomic mass is 32.2. The third kappa shape index (κ3) is 3.40. The first kappa shape index (κ1) is 20.7. The van der Waals surface area contributed by atoms with Gasteiger partial charge in [-0.15, -0.1) is 0 Å². The van der Waals surface area contributed by atoms with Gasteiger partial charge in [0.05, 0.1) is 12.2 Å². The molecule has 2 amide bonds. The second-order valence-corrected chi connectivity index (χ2v) is 11.5. The summed E-state index contributed by atoms with van der Waals surface area (Å²) in [5.41, 5.74) is 5.54. The van der Waals surface area contributed by atoms with Gasteiger partial charge in [0.1, 0.15) is 5.82 Å². The predicted molar refractivity (Wildman–Crippen MR) is 111 cm³/mol. The summed E-state index contributed by atoms with van der Waals surface area (Å²) in [5.74, 6) is -0.174. The van der Waals surface area contributed by atoms with Crippen LogP contribution in [-0.2, 0) is 19.8 Å². The van der Waals surface area contributed by atoms with E-state index in [9.17, 15) is 22.4 Å². The van der Waals surface area contributed by atoms with Crippen LogP contribution in [0.15, 0.2) is 24.3 Å². The first-order valence-corrected chi connectivity index (χ1v) is 12.2. The Balaban J connectivity index is 1.25. The molecule has 0 spiro atoms. The molecule has 0 aromatic heterocycles. The zero-order valence-electron chi connectivity index (χ0n) is 17.2. The Bertz CT molecular complexity index is 1020. The van der Waals surface area contributed by atoms with E-state index in [0.29, 0.717) is 18.8 Å². The van der Waals surface area contributed by atoms with Crippen molar-refractivity contribution in [2.45, 2.75) is 38.1 Å². The van der Waals surface area contributed by atoms with Gasteiger partial charge < -0.3 is 11.1 Å². The number of carbonyl (C=O) groups excluding carboxylic acids is 2. The lowest BCUT2D eigenvalue weighted by atomic mass is 9.47. The van der Waals surface area contributed by atoms with Crippen LogP contribution in [0.3, 0.4) is 0 Å². The molecule has 2 unspecified atom stereocenters. The molecule has 2 atom stereocenters. The van der Waals surface area contributed by atoms with Crippen LogP contribution in [0.4, 0.5) is 10.1 Å². The molecule has 1 aromatic rings. The number of rotatable bonds is 5.